The highest BCUT2D eigenvalue weighted by molar-refractivity contribution is 7.92. The second kappa shape index (κ2) is 13.7. The van der Waals surface area contributed by atoms with Gasteiger partial charge < -0.3 is 19.7 Å². The Bertz CT molecular complexity index is 1510. The Morgan fingerprint density at radius 2 is 1.57 bits per heavy atom. The zero-order valence-electron chi connectivity index (χ0n) is 23.5. The molecule has 1 N–H and O–H groups in total. The van der Waals surface area contributed by atoms with Crippen LogP contribution in [0.5, 0.6) is 11.5 Å². The van der Waals surface area contributed by atoms with E-state index in [1.165, 1.54) is 23.1 Å². The maximum absolute atomic E-state index is 14.2. The second-order valence-electron chi connectivity index (χ2n) is 9.96. The minimum atomic E-state index is -4.23. The van der Waals surface area contributed by atoms with Crippen LogP contribution < -0.4 is 19.1 Å². The average Bonchev–Trinajstić information content (AvgIpc) is 2.97. The topological polar surface area (TPSA) is 105 Å². The molecule has 4 rings (SSSR count). The molecule has 1 atom stereocenters. The van der Waals surface area contributed by atoms with Crippen molar-refractivity contribution in [1.82, 2.24) is 10.2 Å². The number of nitrogens with one attached hydrogen (secondary N) is 1. The lowest BCUT2D eigenvalue weighted by molar-refractivity contribution is -0.140. The van der Waals surface area contributed by atoms with Gasteiger partial charge in [-0.2, -0.15) is 0 Å². The molecule has 0 bridgehead atoms. The Hall–Kier alpha value is -3.47. The molecule has 1 unspecified atom stereocenters. The normalized spacial score (nSPS) is 13.4. The summed E-state index contributed by atoms with van der Waals surface area (Å²) in [5.74, 6) is -0.159. The first-order valence-corrected chi connectivity index (χ1v) is 15.7. The quantitative estimate of drug-likeness (QED) is 0.308. The number of hydrogen-bond donors (Lipinski definition) is 1. The second-order valence-corrected chi connectivity index (χ2v) is 12.6. The molecule has 3 aromatic carbocycles. The Labute approximate surface area is 256 Å². The molecular formula is C30H33Cl2N3O6S. The van der Waals surface area contributed by atoms with Crippen molar-refractivity contribution in [2.45, 2.75) is 50.7 Å². The highest BCUT2D eigenvalue weighted by atomic mass is 35.5. The Balaban J connectivity index is 1.79. The van der Waals surface area contributed by atoms with Gasteiger partial charge in [-0.05, 0) is 56.7 Å². The summed E-state index contributed by atoms with van der Waals surface area (Å²) in [7, 11) is -4.23. The van der Waals surface area contributed by atoms with E-state index in [1.807, 2.05) is 13.8 Å². The first-order chi connectivity index (χ1) is 20.0. The third-order valence-corrected chi connectivity index (χ3v) is 9.13. The lowest BCUT2D eigenvalue weighted by Crippen LogP contribution is -2.53. The molecule has 0 radical (unpaired) electrons. The molecule has 0 aromatic heterocycles. The number of rotatable bonds is 11. The summed E-state index contributed by atoms with van der Waals surface area (Å²) >= 11 is 12.9. The van der Waals surface area contributed by atoms with E-state index in [-0.39, 0.29) is 35.5 Å². The van der Waals surface area contributed by atoms with E-state index in [2.05, 4.69) is 5.32 Å². The molecule has 1 aliphatic rings. The number of halogens is 2. The number of ether oxygens (including phenoxy) is 2. The number of sulfonamides is 1. The van der Waals surface area contributed by atoms with Gasteiger partial charge in [0.1, 0.15) is 25.8 Å². The van der Waals surface area contributed by atoms with E-state index in [0.717, 1.165) is 4.31 Å². The van der Waals surface area contributed by atoms with Crippen molar-refractivity contribution in [3.05, 3.63) is 82.3 Å². The van der Waals surface area contributed by atoms with Crippen molar-refractivity contribution in [2.75, 3.05) is 24.1 Å². The number of carbonyl (C=O) groups excluding carboxylic acids is 2. The van der Waals surface area contributed by atoms with Crippen LogP contribution in [0.1, 0.15) is 32.8 Å². The van der Waals surface area contributed by atoms with Crippen LogP contribution in [0, 0.1) is 0 Å². The van der Waals surface area contributed by atoms with E-state index in [0.29, 0.717) is 40.3 Å². The summed E-state index contributed by atoms with van der Waals surface area (Å²) in [4.78, 5) is 28.8. The molecule has 1 aliphatic heterocycles. The average molecular weight is 635 g/mol. The number of amides is 2. The highest BCUT2D eigenvalue weighted by Crippen LogP contribution is 2.36. The molecule has 1 heterocycles. The van der Waals surface area contributed by atoms with Crippen molar-refractivity contribution >= 4 is 50.7 Å². The van der Waals surface area contributed by atoms with E-state index < -0.39 is 28.5 Å². The highest BCUT2D eigenvalue weighted by Gasteiger charge is 2.35. The lowest BCUT2D eigenvalue weighted by atomic mass is 10.1. The molecule has 0 fully saturated rings. The fourth-order valence-electron chi connectivity index (χ4n) is 4.59. The molecule has 0 saturated heterocycles. The van der Waals surface area contributed by atoms with E-state index in [4.69, 9.17) is 32.7 Å². The SMILES string of the molecule is CCC(C(=O)NC(C)C)N(Cc1c(Cl)cccc1Cl)C(=O)CN(c1ccc2c(c1)OCCO2)S(=O)(=O)c1ccccc1. The fourth-order valence-corrected chi connectivity index (χ4v) is 6.53. The van der Waals surface area contributed by atoms with Gasteiger partial charge in [-0.1, -0.05) is 54.4 Å². The standard InChI is InChI=1S/C30H33Cl2N3O6S/c1-4-26(30(37)33-20(2)3)34(18-23-24(31)11-8-12-25(23)32)29(36)19-35(42(38,39)22-9-6-5-7-10-22)21-13-14-27-28(17-21)41-16-15-40-27/h5-14,17,20,26H,4,15-16,18-19H2,1-3H3,(H,33,37). The Kier molecular flexibility index (Phi) is 10.2. The van der Waals surface area contributed by atoms with Crippen LogP contribution in [0.15, 0.2) is 71.6 Å². The number of hydrogen-bond acceptors (Lipinski definition) is 6. The van der Waals surface area contributed by atoms with Crippen LogP contribution in [0.2, 0.25) is 10.0 Å². The molecular weight excluding hydrogens is 601 g/mol. The smallest absolute Gasteiger partial charge is 0.264 e. The summed E-state index contributed by atoms with van der Waals surface area (Å²) in [6, 6.07) is 16.4. The molecule has 0 spiro atoms. The van der Waals surface area contributed by atoms with Crippen molar-refractivity contribution in [3.8, 4) is 11.5 Å². The predicted octanol–water partition coefficient (Wildman–Crippen LogP) is 5.29. The van der Waals surface area contributed by atoms with Crippen molar-refractivity contribution in [2.24, 2.45) is 0 Å². The number of nitrogens with zero attached hydrogens (tertiary/aromatic N) is 2. The first-order valence-electron chi connectivity index (χ1n) is 13.5. The number of carbonyl (C=O) groups is 2. The molecule has 12 heteroatoms. The summed E-state index contributed by atoms with van der Waals surface area (Å²) < 4.78 is 40.3. The van der Waals surface area contributed by atoms with Crippen LogP contribution in [-0.4, -0.2) is 57.0 Å². The van der Waals surface area contributed by atoms with Gasteiger partial charge in [0.15, 0.2) is 11.5 Å². The summed E-state index contributed by atoms with van der Waals surface area (Å²) in [5.41, 5.74) is 0.647. The third kappa shape index (κ3) is 7.11. The van der Waals surface area contributed by atoms with E-state index in [9.17, 15) is 18.0 Å². The fraction of sp³-hybridized carbons (Fsp3) is 0.333. The molecule has 42 heavy (non-hydrogen) atoms. The van der Waals surface area contributed by atoms with Gasteiger partial charge in [0.2, 0.25) is 11.8 Å². The van der Waals surface area contributed by atoms with Crippen molar-refractivity contribution in [1.29, 1.82) is 0 Å². The maximum Gasteiger partial charge on any atom is 0.264 e. The van der Waals surface area contributed by atoms with Crippen molar-refractivity contribution < 1.29 is 27.5 Å². The number of fused-ring (bicyclic) bond motifs is 1. The van der Waals surface area contributed by atoms with Gasteiger partial charge in [0.05, 0.1) is 10.6 Å². The molecule has 0 saturated carbocycles. The van der Waals surface area contributed by atoms with Gasteiger partial charge in [-0.25, -0.2) is 8.42 Å². The van der Waals surface area contributed by atoms with Crippen LogP contribution in [0.4, 0.5) is 5.69 Å². The van der Waals surface area contributed by atoms with E-state index >= 15 is 0 Å². The Morgan fingerprint density at radius 1 is 0.929 bits per heavy atom. The largest absolute Gasteiger partial charge is 0.486 e. The number of anilines is 1. The van der Waals surface area contributed by atoms with Gasteiger partial charge in [0, 0.05) is 34.3 Å². The van der Waals surface area contributed by atoms with Crippen LogP contribution in [0.25, 0.3) is 0 Å². The minimum Gasteiger partial charge on any atom is -0.486 e. The third-order valence-electron chi connectivity index (χ3n) is 6.63. The molecule has 3 aromatic rings. The van der Waals surface area contributed by atoms with Gasteiger partial charge in [-0.3, -0.25) is 13.9 Å². The molecule has 0 aliphatic carbocycles. The summed E-state index contributed by atoms with van der Waals surface area (Å²) in [6.07, 6.45) is 0.266. The molecule has 224 valence electrons. The lowest BCUT2D eigenvalue weighted by Gasteiger charge is -2.34. The number of benzene rings is 3. The van der Waals surface area contributed by atoms with E-state index in [1.54, 1.807) is 55.5 Å². The van der Waals surface area contributed by atoms with Crippen LogP contribution in [-0.2, 0) is 26.2 Å². The van der Waals surface area contributed by atoms with Gasteiger partial charge in [0.25, 0.3) is 10.0 Å². The van der Waals surface area contributed by atoms with Crippen molar-refractivity contribution in [3.63, 3.8) is 0 Å². The molecule has 2 amide bonds. The zero-order valence-corrected chi connectivity index (χ0v) is 25.9. The van der Waals surface area contributed by atoms with Crippen LogP contribution >= 0.6 is 23.2 Å². The van der Waals surface area contributed by atoms with Crippen LogP contribution in [0.3, 0.4) is 0 Å². The summed E-state index contributed by atoms with van der Waals surface area (Å²) in [6.45, 7) is 5.36. The first kappa shape index (κ1) is 31.5. The summed E-state index contributed by atoms with van der Waals surface area (Å²) in [5, 5.41) is 3.50. The predicted molar refractivity (Wildman–Crippen MR) is 163 cm³/mol. The minimum absolute atomic E-state index is 0.00187. The monoisotopic (exact) mass is 633 g/mol. The Morgan fingerprint density at radius 3 is 2.19 bits per heavy atom. The van der Waals surface area contributed by atoms with Gasteiger partial charge in [-0.15, -0.1) is 0 Å². The van der Waals surface area contributed by atoms with Gasteiger partial charge >= 0.3 is 0 Å². The molecule has 9 nitrogen and oxygen atoms in total. The zero-order chi connectivity index (χ0) is 30.4. The maximum atomic E-state index is 14.2.